The predicted octanol–water partition coefficient (Wildman–Crippen LogP) is 4.83. The number of hydrogen-bond donors (Lipinski definition) is 1. The number of amides is 1. The third-order valence-corrected chi connectivity index (χ3v) is 6.94. The molecule has 0 radical (unpaired) electrons. The second-order valence-electron chi connectivity index (χ2n) is 7.16. The monoisotopic (exact) mass is 447 g/mol. The molecule has 1 aromatic heterocycles. The van der Waals surface area contributed by atoms with Crippen LogP contribution in [0.5, 0.6) is 0 Å². The molecule has 2 aliphatic heterocycles. The minimum atomic E-state index is 0. The van der Waals surface area contributed by atoms with E-state index in [1.165, 1.54) is 17.8 Å². The largest absolute Gasteiger partial charge is 0.338 e. The molecule has 0 saturated carbocycles. The molecule has 2 aliphatic rings. The van der Waals surface area contributed by atoms with Crippen molar-refractivity contribution >= 4 is 53.7 Å². The fourth-order valence-electron chi connectivity index (χ4n) is 3.89. The number of hydrogen-bond acceptors (Lipinski definition) is 4. The average Bonchev–Trinajstić information content (AvgIpc) is 3.22. The van der Waals surface area contributed by atoms with Crippen molar-refractivity contribution in [2.24, 2.45) is 5.41 Å². The fraction of sp³-hybridized carbons (Fsp3) is 0.474. The number of rotatable bonds is 2. The molecule has 4 nitrogen and oxygen atoms in total. The average molecular weight is 449 g/mol. The number of aromatic nitrogens is 1. The summed E-state index contributed by atoms with van der Waals surface area (Å²) >= 11 is 7.55. The van der Waals surface area contributed by atoms with E-state index in [0.29, 0.717) is 10.4 Å². The summed E-state index contributed by atoms with van der Waals surface area (Å²) in [6.45, 7) is 5.84. The lowest BCUT2D eigenvalue weighted by Gasteiger charge is -2.38. The summed E-state index contributed by atoms with van der Waals surface area (Å²) in [4.78, 5) is 20.4. The van der Waals surface area contributed by atoms with Gasteiger partial charge >= 0.3 is 0 Å². The van der Waals surface area contributed by atoms with Crippen LogP contribution in [-0.2, 0) is 0 Å². The number of thiazole rings is 1. The first-order valence-electron chi connectivity index (χ1n) is 8.80. The fourth-order valence-corrected chi connectivity index (χ4v) is 5.11. The van der Waals surface area contributed by atoms with E-state index in [1.807, 2.05) is 36.1 Å². The van der Waals surface area contributed by atoms with E-state index in [4.69, 9.17) is 11.6 Å². The molecule has 2 aromatic rings. The maximum atomic E-state index is 13.0. The van der Waals surface area contributed by atoms with Gasteiger partial charge in [0.1, 0.15) is 9.88 Å². The zero-order chi connectivity index (χ0) is 17.4. The van der Waals surface area contributed by atoms with E-state index >= 15 is 0 Å². The van der Waals surface area contributed by atoms with E-state index in [9.17, 15) is 4.79 Å². The van der Waals surface area contributed by atoms with Gasteiger partial charge in [0, 0.05) is 30.2 Å². The Hall–Kier alpha value is -0.850. The number of piperidine rings is 1. The summed E-state index contributed by atoms with van der Waals surface area (Å²) in [6.07, 6.45) is 3.45. The standard InChI is InChI=1S/C19H22ClN3OS.2ClH/c1-13-16(25-17(22-13)14-3-2-4-15(20)11-14)18(24)23-9-6-19(7-10-23)5-8-21-12-19;;/h2-4,11,21H,5-10,12H2,1H3;2*1H. The third-order valence-electron chi connectivity index (χ3n) is 5.51. The van der Waals surface area contributed by atoms with Crippen LogP contribution in [0, 0.1) is 12.3 Å². The highest BCUT2D eigenvalue weighted by Crippen LogP contribution is 2.38. The van der Waals surface area contributed by atoms with Crippen molar-refractivity contribution in [1.29, 1.82) is 0 Å². The maximum Gasteiger partial charge on any atom is 0.265 e. The van der Waals surface area contributed by atoms with Crippen molar-refractivity contribution in [3.63, 3.8) is 0 Å². The normalized spacial score (nSPS) is 18.1. The lowest BCUT2D eigenvalue weighted by molar-refractivity contribution is 0.0611. The Balaban J connectivity index is 0.00000131. The second kappa shape index (κ2) is 9.10. The number of likely N-dealkylation sites (tertiary alicyclic amines) is 1. The lowest BCUT2D eigenvalue weighted by atomic mass is 9.78. The molecule has 2 saturated heterocycles. The Labute approximate surface area is 181 Å². The Morgan fingerprint density at radius 1 is 1.26 bits per heavy atom. The van der Waals surface area contributed by atoms with E-state index in [1.54, 1.807) is 0 Å². The summed E-state index contributed by atoms with van der Waals surface area (Å²) in [5.41, 5.74) is 2.20. The third kappa shape index (κ3) is 4.60. The summed E-state index contributed by atoms with van der Waals surface area (Å²) in [5.74, 6) is 0.129. The Morgan fingerprint density at radius 3 is 2.63 bits per heavy atom. The molecule has 1 N–H and O–H groups in total. The van der Waals surface area contributed by atoms with Gasteiger partial charge in [0.25, 0.3) is 5.91 Å². The molecule has 27 heavy (non-hydrogen) atoms. The predicted molar refractivity (Wildman–Crippen MR) is 117 cm³/mol. The molecule has 0 atom stereocenters. The van der Waals surface area contributed by atoms with Crippen LogP contribution in [0.1, 0.15) is 34.6 Å². The quantitative estimate of drug-likeness (QED) is 0.715. The summed E-state index contributed by atoms with van der Waals surface area (Å²) in [6, 6.07) is 7.64. The van der Waals surface area contributed by atoms with Crippen LogP contribution in [0.25, 0.3) is 10.6 Å². The number of nitrogens with one attached hydrogen (secondary N) is 1. The van der Waals surface area contributed by atoms with E-state index in [0.717, 1.165) is 60.2 Å². The topological polar surface area (TPSA) is 45.2 Å². The number of halogens is 3. The first-order valence-corrected chi connectivity index (χ1v) is 9.99. The van der Waals surface area contributed by atoms with Crippen molar-refractivity contribution in [3.8, 4) is 10.6 Å². The first kappa shape index (κ1) is 22.4. The highest BCUT2D eigenvalue weighted by atomic mass is 35.5. The van der Waals surface area contributed by atoms with Crippen LogP contribution >= 0.6 is 47.8 Å². The van der Waals surface area contributed by atoms with Crippen molar-refractivity contribution in [2.75, 3.05) is 26.2 Å². The van der Waals surface area contributed by atoms with E-state index in [-0.39, 0.29) is 30.7 Å². The molecule has 148 valence electrons. The number of carbonyl (C=O) groups excluding carboxylic acids is 1. The van der Waals surface area contributed by atoms with Gasteiger partial charge in [-0.15, -0.1) is 36.2 Å². The Bertz CT molecular complexity index is 795. The zero-order valence-electron chi connectivity index (χ0n) is 15.2. The summed E-state index contributed by atoms with van der Waals surface area (Å²) in [7, 11) is 0. The number of benzene rings is 1. The number of aryl methyl sites for hydroxylation is 1. The highest BCUT2D eigenvalue weighted by molar-refractivity contribution is 7.17. The molecule has 4 rings (SSSR count). The van der Waals surface area contributed by atoms with Crippen LogP contribution < -0.4 is 5.32 Å². The summed E-state index contributed by atoms with van der Waals surface area (Å²) < 4.78 is 0. The van der Waals surface area contributed by atoms with Gasteiger partial charge < -0.3 is 10.2 Å². The molecular formula is C19H24Cl3N3OS. The van der Waals surface area contributed by atoms with Crippen LogP contribution in [0.3, 0.4) is 0 Å². The van der Waals surface area contributed by atoms with Crippen LogP contribution in [0.2, 0.25) is 5.02 Å². The van der Waals surface area contributed by atoms with Gasteiger partial charge in [0.05, 0.1) is 5.69 Å². The number of carbonyl (C=O) groups is 1. The van der Waals surface area contributed by atoms with Gasteiger partial charge in [-0.05, 0) is 50.3 Å². The Kier molecular flexibility index (Phi) is 7.56. The second-order valence-corrected chi connectivity index (χ2v) is 8.60. The molecule has 8 heteroatoms. The summed E-state index contributed by atoms with van der Waals surface area (Å²) in [5, 5.41) is 5.01. The minimum Gasteiger partial charge on any atom is -0.338 e. The zero-order valence-corrected chi connectivity index (χ0v) is 18.4. The van der Waals surface area contributed by atoms with Gasteiger partial charge in [-0.3, -0.25) is 4.79 Å². The number of nitrogens with zero attached hydrogens (tertiary/aromatic N) is 2. The smallest absolute Gasteiger partial charge is 0.265 e. The van der Waals surface area contributed by atoms with Crippen molar-refractivity contribution in [2.45, 2.75) is 26.2 Å². The van der Waals surface area contributed by atoms with Crippen molar-refractivity contribution in [3.05, 3.63) is 39.9 Å². The molecule has 1 spiro atoms. The van der Waals surface area contributed by atoms with E-state index in [2.05, 4.69) is 10.3 Å². The molecule has 0 bridgehead atoms. The molecule has 1 amide bonds. The van der Waals surface area contributed by atoms with Gasteiger partial charge in [0.15, 0.2) is 0 Å². The van der Waals surface area contributed by atoms with Gasteiger partial charge in [0.2, 0.25) is 0 Å². The van der Waals surface area contributed by atoms with Crippen molar-refractivity contribution in [1.82, 2.24) is 15.2 Å². The molecule has 0 aliphatic carbocycles. The van der Waals surface area contributed by atoms with Crippen LogP contribution in [0.4, 0.5) is 0 Å². The molecule has 1 aromatic carbocycles. The van der Waals surface area contributed by atoms with Crippen molar-refractivity contribution < 1.29 is 4.79 Å². The van der Waals surface area contributed by atoms with Crippen LogP contribution in [-0.4, -0.2) is 42.0 Å². The lowest BCUT2D eigenvalue weighted by Crippen LogP contribution is -2.44. The molecular weight excluding hydrogens is 425 g/mol. The van der Waals surface area contributed by atoms with Gasteiger partial charge in [-0.2, -0.15) is 0 Å². The minimum absolute atomic E-state index is 0. The van der Waals surface area contributed by atoms with Gasteiger partial charge in [-0.1, -0.05) is 23.7 Å². The van der Waals surface area contributed by atoms with Crippen LogP contribution in [0.15, 0.2) is 24.3 Å². The van der Waals surface area contributed by atoms with E-state index < -0.39 is 0 Å². The first-order chi connectivity index (χ1) is 12.1. The molecule has 0 unspecified atom stereocenters. The Morgan fingerprint density at radius 2 is 2.00 bits per heavy atom. The SMILES string of the molecule is Cc1nc(-c2cccc(Cl)c2)sc1C(=O)N1CCC2(CCNC2)CC1.Cl.Cl. The maximum absolute atomic E-state index is 13.0. The highest BCUT2D eigenvalue weighted by Gasteiger charge is 2.38. The van der Waals surface area contributed by atoms with Gasteiger partial charge in [-0.25, -0.2) is 4.98 Å². The molecule has 2 fully saturated rings. The molecule has 3 heterocycles.